The molecule has 0 fully saturated rings. The number of fused-ring (bicyclic) bond motifs is 3. The number of unbranched alkanes of at least 4 members (excludes halogenated alkanes) is 2. The Kier molecular flexibility index (Phi) is 7.60. The Bertz CT molecular complexity index is 1410. The zero-order chi connectivity index (χ0) is 27.0. The maximum Gasteiger partial charge on any atom is 0.167 e. The molecule has 38 heavy (non-hydrogen) atoms. The molecular weight excluding hydrogens is 495 g/mol. The average molecular weight is 527 g/mol. The zero-order valence-corrected chi connectivity index (χ0v) is 21.7. The highest BCUT2D eigenvalue weighted by atomic mass is 19.2. The summed E-state index contributed by atoms with van der Waals surface area (Å²) in [7, 11) is 0. The van der Waals surface area contributed by atoms with Gasteiger partial charge in [-0.25, -0.2) is 22.0 Å². The van der Waals surface area contributed by atoms with Gasteiger partial charge in [-0.3, -0.25) is 0 Å². The van der Waals surface area contributed by atoms with Gasteiger partial charge in [0.05, 0.1) is 6.26 Å². The van der Waals surface area contributed by atoms with Gasteiger partial charge in [-0.15, -0.1) is 0 Å². The lowest BCUT2D eigenvalue weighted by Gasteiger charge is -2.24. The molecule has 1 nitrogen and oxygen atoms in total. The number of benzene rings is 3. The summed E-state index contributed by atoms with van der Waals surface area (Å²) in [5.41, 5.74) is 2.17. The normalized spacial score (nSPS) is 16.2. The Balaban J connectivity index is 1.43. The van der Waals surface area contributed by atoms with Crippen LogP contribution in [-0.4, -0.2) is 0 Å². The van der Waals surface area contributed by atoms with Crippen LogP contribution in [0, 0.1) is 29.1 Å². The van der Waals surface area contributed by atoms with E-state index in [0.29, 0.717) is 36.0 Å². The van der Waals surface area contributed by atoms with Crippen molar-refractivity contribution in [3.63, 3.8) is 0 Å². The van der Waals surface area contributed by atoms with Crippen molar-refractivity contribution in [3.05, 3.63) is 93.5 Å². The van der Waals surface area contributed by atoms with Crippen molar-refractivity contribution in [1.82, 2.24) is 0 Å². The summed E-state index contributed by atoms with van der Waals surface area (Å²) >= 11 is 0. The fourth-order valence-electron chi connectivity index (χ4n) is 5.69. The minimum atomic E-state index is -1.25. The number of hydrogen-bond acceptors (Lipinski definition) is 1. The van der Waals surface area contributed by atoms with Crippen LogP contribution in [0.3, 0.4) is 0 Å². The summed E-state index contributed by atoms with van der Waals surface area (Å²) in [4.78, 5) is 0. The van der Waals surface area contributed by atoms with Crippen LogP contribution in [0.15, 0.2) is 42.2 Å². The van der Waals surface area contributed by atoms with Crippen molar-refractivity contribution >= 4 is 0 Å². The molecule has 0 bridgehead atoms. The van der Waals surface area contributed by atoms with Crippen LogP contribution in [0.25, 0.3) is 22.3 Å². The average Bonchev–Trinajstić information content (AvgIpc) is 3.28. The molecule has 1 aliphatic carbocycles. The third-order valence-electron chi connectivity index (χ3n) is 7.69. The largest absolute Gasteiger partial charge is 0.493 e. The predicted octanol–water partition coefficient (Wildman–Crippen LogP) is 9.89. The van der Waals surface area contributed by atoms with Crippen molar-refractivity contribution in [2.75, 3.05) is 0 Å². The van der Waals surface area contributed by atoms with Gasteiger partial charge >= 0.3 is 0 Å². The van der Waals surface area contributed by atoms with Crippen LogP contribution >= 0.6 is 0 Å². The minimum Gasteiger partial charge on any atom is -0.493 e. The van der Waals surface area contributed by atoms with E-state index in [9.17, 15) is 8.78 Å². The summed E-state index contributed by atoms with van der Waals surface area (Å²) in [5, 5.41) is 0. The van der Waals surface area contributed by atoms with E-state index in [-0.39, 0.29) is 34.2 Å². The van der Waals surface area contributed by atoms with Gasteiger partial charge in [0.15, 0.2) is 23.3 Å². The first-order valence-corrected chi connectivity index (χ1v) is 13.5. The van der Waals surface area contributed by atoms with E-state index >= 15 is 13.2 Å². The van der Waals surface area contributed by atoms with Crippen LogP contribution < -0.4 is 0 Å². The Morgan fingerprint density at radius 3 is 2.18 bits per heavy atom. The van der Waals surface area contributed by atoms with Crippen LogP contribution in [0.2, 0.25) is 0 Å². The van der Waals surface area contributed by atoms with Gasteiger partial charge in [0.25, 0.3) is 0 Å². The van der Waals surface area contributed by atoms with Crippen LogP contribution in [0.1, 0.15) is 87.2 Å². The minimum absolute atomic E-state index is 0.114. The number of hydrogen-bond donors (Lipinski definition) is 0. The third-order valence-corrected chi connectivity index (χ3v) is 7.69. The lowest BCUT2D eigenvalue weighted by molar-refractivity contribution is 0.115. The second-order valence-corrected chi connectivity index (χ2v) is 10.3. The third kappa shape index (κ3) is 4.74. The molecule has 0 spiro atoms. The lowest BCUT2D eigenvalue weighted by atomic mass is 9.93. The second-order valence-electron chi connectivity index (χ2n) is 10.3. The van der Waals surface area contributed by atoms with E-state index in [1.165, 1.54) is 23.8 Å². The first-order chi connectivity index (χ1) is 18.3. The molecule has 5 rings (SSSR count). The first kappa shape index (κ1) is 26.5. The van der Waals surface area contributed by atoms with Crippen molar-refractivity contribution < 1.29 is 26.7 Å². The monoisotopic (exact) mass is 526 g/mol. The van der Waals surface area contributed by atoms with Gasteiger partial charge < -0.3 is 4.74 Å². The molecule has 0 N–H and O–H groups in total. The highest BCUT2D eigenvalue weighted by Gasteiger charge is 2.32. The van der Waals surface area contributed by atoms with E-state index in [1.807, 2.05) is 6.92 Å². The fraction of sp³-hybridized carbons (Fsp3) is 0.375. The molecule has 0 radical (unpaired) electrons. The molecule has 1 heterocycles. The van der Waals surface area contributed by atoms with Gasteiger partial charge in [-0.05, 0) is 78.5 Å². The number of aryl methyl sites for hydroxylation is 1. The first-order valence-electron chi connectivity index (χ1n) is 13.5. The van der Waals surface area contributed by atoms with E-state index < -0.39 is 35.2 Å². The molecular formula is C32H31F5O. The molecule has 0 aromatic heterocycles. The Hall–Kier alpha value is -3.15. The van der Waals surface area contributed by atoms with Crippen molar-refractivity contribution in [1.29, 1.82) is 0 Å². The highest BCUT2D eigenvalue weighted by molar-refractivity contribution is 5.82. The van der Waals surface area contributed by atoms with E-state index in [1.54, 1.807) is 18.4 Å². The molecule has 2 aliphatic rings. The highest BCUT2D eigenvalue weighted by Crippen LogP contribution is 2.45. The summed E-state index contributed by atoms with van der Waals surface area (Å²) in [6.45, 7) is 4.01. The lowest BCUT2D eigenvalue weighted by Crippen LogP contribution is -2.09. The number of rotatable bonds is 8. The quantitative estimate of drug-likeness (QED) is 0.164. The van der Waals surface area contributed by atoms with Crippen molar-refractivity contribution in [3.8, 4) is 22.3 Å². The maximum atomic E-state index is 15.3. The zero-order valence-electron chi connectivity index (χ0n) is 21.7. The Morgan fingerprint density at radius 2 is 1.53 bits per heavy atom. The molecule has 0 saturated heterocycles. The summed E-state index contributed by atoms with van der Waals surface area (Å²) < 4.78 is 81.2. The van der Waals surface area contributed by atoms with Crippen LogP contribution in [0.5, 0.6) is 0 Å². The molecule has 1 aliphatic heterocycles. The molecule has 0 amide bonds. The van der Waals surface area contributed by atoms with E-state index in [4.69, 9.17) is 4.74 Å². The number of halogens is 5. The van der Waals surface area contributed by atoms with E-state index in [2.05, 4.69) is 6.92 Å². The van der Waals surface area contributed by atoms with E-state index in [0.717, 1.165) is 32.1 Å². The summed E-state index contributed by atoms with van der Waals surface area (Å²) in [6, 6.07) is 7.24. The van der Waals surface area contributed by atoms with Gasteiger partial charge in [-0.2, -0.15) is 0 Å². The smallest absolute Gasteiger partial charge is 0.167 e. The van der Waals surface area contributed by atoms with Gasteiger partial charge in [-0.1, -0.05) is 51.3 Å². The standard InChI is InChI=1S/C32H31F5O/c1-3-5-6-8-18-9-12-26(38-17-18)23-11-10-19(16-25(23)33)24-15-22-14-21-13-20(7-4-2)29(34)31(36)27(21)28(22)32(37)30(24)35/h10-11,13,15-17,26H,3-9,12,14H2,1-2H3. The van der Waals surface area contributed by atoms with Gasteiger partial charge in [0.1, 0.15) is 11.9 Å². The molecule has 200 valence electrons. The summed E-state index contributed by atoms with van der Waals surface area (Å²) in [5.74, 6) is -5.20. The molecule has 3 aromatic carbocycles. The van der Waals surface area contributed by atoms with Gasteiger partial charge in [0, 0.05) is 22.3 Å². The Morgan fingerprint density at radius 1 is 0.789 bits per heavy atom. The number of ether oxygens (including phenoxy) is 1. The summed E-state index contributed by atoms with van der Waals surface area (Å²) in [6.07, 6.45) is 8.28. The SMILES string of the molecule is CCCCCC1=COC(c2ccc(-c3cc4c(c(F)c3F)-c3c(cc(CCC)c(F)c3F)C4)cc2F)CC1. The van der Waals surface area contributed by atoms with Crippen molar-refractivity contribution in [2.45, 2.75) is 77.7 Å². The van der Waals surface area contributed by atoms with Gasteiger partial charge in [0.2, 0.25) is 0 Å². The maximum absolute atomic E-state index is 15.3. The van der Waals surface area contributed by atoms with Crippen molar-refractivity contribution in [2.24, 2.45) is 0 Å². The molecule has 6 heteroatoms. The molecule has 1 atom stereocenters. The molecule has 1 unspecified atom stereocenters. The van der Waals surface area contributed by atoms with Crippen LogP contribution in [0.4, 0.5) is 22.0 Å². The second kappa shape index (κ2) is 10.9. The fourth-order valence-corrected chi connectivity index (χ4v) is 5.69. The molecule has 0 saturated carbocycles. The Labute approximate surface area is 220 Å². The van der Waals surface area contributed by atoms with Crippen LogP contribution in [-0.2, 0) is 17.6 Å². The number of allylic oxidation sites excluding steroid dienone is 1. The predicted molar refractivity (Wildman–Crippen MR) is 139 cm³/mol. The molecule has 3 aromatic rings. The topological polar surface area (TPSA) is 9.23 Å².